The lowest BCUT2D eigenvalue weighted by molar-refractivity contribution is -0.956. The van der Waals surface area contributed by atoms with Crippen LogP contribution in [0.3, 0.4) is 0 Å². The quantitative estimate of drug-likeness (QED) is 0.478. The van der Waals surface area contributed by atoms with Gasteiger partial charge in [0.15, 0.2) is 0 Å². The third-order valence-electron chi connectivity index (χ3n) is 4.86. The summed E-state index contributed by atoms with van der Waals surface area (Å²) in [6, 6.07) is 1.16. The molecule has 3 saturated heterocycles. The van der Waals surface area contributed by atoms with Crippen LogP contribution in [-0.4, -0.2) is 53.6 Å². The molecule has 16 heavy (non-hydrogen) atoms. The first kappa shape index (κ1) is 12.8. The average Bonchev–Trinajstić information content (AvgIpc) is 2.94. The number of piperidine rings is 1. The molecule has 0 amide bonds. The minimum absolute atomic E-state index is 0. The number of quaternary nitrogens is 1. The lowest BCUT2D eigenvalue weighted by Crippen LogP contribution is -3.00. The second-order valence-corrected chi connectivity index (χ2v) is 5.75. The molecular formula is C12H22BrNO2. The van der Waals surface area contributed by atoms with Gasteiger partial charge in [0.1, 0.15) is 24.3 Å². The number of unbranched alkanes of at least 4 members (excludes halogenated alkanes) is 1. The number of hydrogen-bond donors (Lipinski definition) is 1. The fourth-order valence-electron chi connectivity index (χ4n) is 3.91. The van der Waals surface area contributed by atoms with Gasteiger partial charge in [-0.1, -0.05) is 13.3 Å². The Labute approximate surface area is 108 Å². The van der Waals surface area contributed by atoms with E-state index in [-0.39, 0.29) is 23.1 Å². The Morgan fingerprint density at radius 1 is 1.25 bits per heavy atom. The first-order valence-corrected chi connectivity index (χ1v) is 6.35. The van der Waals surface area contributed by atoms with Gasteiger partial charge in [0.05, 0.1) is 19.7 Å². The Bertz CT molecular complexity index is 256. The van der Waals surface area contributed by atoms with E-state index in [9.17, 15) is 5.11 Å². The summed E-state index contributed by atoms with van der Waals surface area (Å²) in [6.07, 6.45) is 5.38. The molecule has 3 aliphatic heterocycles. The van der Waals surface area contributed by atoms with Crippen molar-refractivity contribution < 1.29 is 31.3 Å². The Kier molecular flexibility index (Phi) is 3.39. The monoisotopic (exact) mass is 291 g/mol. The molecule has 0 aromatic heterocycles. The van der Waals surface area contributed by atoms with Crippen LogP contribution >= 0.6 is 0 Å². The highest BCUT2D eigenvalue weighted by Gasteiger charge is 2.71. The van der Waals surface area contributed by atoms with Crippen LogP contribution in [0.5, 0.6) is 0 Å². The Hall–Kier alpha value is 0.360. The number of hydrogen-bond acceptors (Lipinski definition) is 2. The highest BCUT2D eigenvalue weighted by atomic mass is 79.9. The molecule has 0 radical (unpaired) electrons. The zero-order valence-corrected chi connectivity index (χ0v) is 11.7. The molecule has 3 heterocycles. The molecule has 0 aliphatic carbocycles. The van der Waals surface area contributed by atoms with Crippen LogP contribution in [-0.2, 0) is 4.74 Å². The third-order valence-corrected chi connectivity index (χ3v) is 4.86. The summed E-state index contributed by atoms with van der Waals surface area (Å²) >= 11 is 0. The van der Waals surface area contributed by atoms with Crippen molar-refractivity contribution in [3.8, 4) is 0 Å². The van der Waals surface area contributed by atoms with E-state index in [1.807, 2.05) is 0 Å². The molecule has 3 aliphatic rings. The van der Waals surface area contributed by atoms with Crippen molar-refractivity contribution in [3.63, 3.8) is 0 Å². The van der Waals surface area contributed by atoms with Crippen molar-refractivity contribution in [3.05, 3.63) is 0 Å². The van der Waals surface area contributed by atoms with Gasteiger partial charge >= 0.3 is 0 Å². The molecule has 0 spiro atoms. The fraction of sp³-hybridized carbons (Fsp3) is 1.00. The summed E-state index contributed by atoms with van der Waals surface area (Å²) in [5, 5.41) is 9.82. The van der Waals surface area contributed by atoms with Crippen molar-refractivity contribution in [2.45, 2.75) is 63.0 Å². The Balaban J connectivity index is 0.000000963. The molecule has 2 bridgehead atoms. The zero-order chi connectivity index (χ0) is 10.6. The highest BCUT2D eigenvalue weighted by molar-refractivity contribution is 5.08. The van der Waals surface area contributed by atoms with Gasteiger partial charge in [-0.25, -0.2) is 0 Å². The molecule has 2 unspecified atom stereocenters. The molecule has 3 nitrogen and oxygen atoms in total. The number of halogens is 1. The number of aliphatic hydroxyl groups is 1. The Morgan fingerprint density at radius 2 is 1.81 bits per heavy atom. The van der Waals surface area contributed by atoms with Gasteiger partial charge in [0.2, 0.25) is 0 Å². The Morgan fingerprint density at radius 3 is 2.31 bits per heavy atom. The molecule has 3 rings (SSSR count). The highest BCUT2D eigenvalue weighted by Crippen LogP contribution is 2.52. The van der Waals surface area contributed by atoms with Gasteiger partial charge in [0.25, 0.3) is 0 Å². The fourth-order valence-corrected chi connectivity index (χ4v) is 3.91. The van der Waals surface area contributed by atoms with E-state index in [1.165, 1.54) is 23.9 Å². The lowest BCUT2D eigenvalue weighted by Gasteiger charge is -2.47. The predicted molar refractivity (Wildman–Crippen MR) is 57.4 cm³/mol. The van der Waals surface area contributed by atoms with Gasteiger partial charge in [0, 0.05) is 12.8 Å². The van der Waals surface area contributed by atoms with Crippen LogP contribution in [0.15, 0.2) is 0 Å². The average molecular weight is 292 g/mol. The van der Waals surface area contributed by atoms with Crippen molar-refractivity contribution in [1.29, 1.82) is 0 Å². The normalized spacial score (nSPS) is 53.1. The van der Waals surface area contributed by atoms with E-state index in [1.54, 1.807) is 0 Å². The number of rotatable bonds is 3. The largest absolute Gasteiger partial charge is 1.00 e. The molecular weight excluding hydrogens is 270 g/mol. The first-order chi connectivity index (χ1) is 7.16. The van der Waals surface area contributed by atoms with Crippen LogP contribution in [0.25, 0.3) is 0 Å². The summed E-state index contributed by atoms with van der Waals surface area (Å²) in [7, 11) is 2.38. The number of morpholine rings is 1. The van der Waals surface area contributed by atoms with Gasteiger partial charge in [-0.05, 0) is 6.42 Å². The van der Waals surface area contributed by atoms with Crippen molar-refractivity contribution in [2.75, 3.05) is 13.6 Å². The molecule has 1 N–H and O–H groups in total. The molecule has 3 fully saturated rings. The second kappa shape index (κ2) is 4.23. The smallest absolute Gasteiger partial charge is 0.142 e. The molecule has 94 valence electrons. The van der Waals surface area contributed by atoms with Gasteiger partial charge in [-0.3, -0.25) is 0 Å². The summed E-state index contributed by atoms with van der Waals surface area (Å²) in [5.41, 5.74) is 0. The summed E-state index contributed by atoms with van der Waals surface area (Å²) in [4.78, 5) is 0. The maximum atomic E-state index is 9.82. The molecule has 0 aromatic rings. The topological polar surface area (TPSA) is 32.8 Å². The number of likely N-dealkylation sites (N-methyl/N-ethyl adjacent to an activating group) is 1. The van der Waals surface area contributed by atoms with Gasteiger partial charge in [-0.2, -0.15) is 0 Å². The van der Waals surface area contributed by atoms with Crippen molar-refractivity contribution >= 4 is 0 Å². The minimum atomic E-state index is -0.0655. The van der Waals surface area contributed by atoms with Crippen molar-refractivity contribution in [2.24, 2.45) is 0 Å². The van der Waals surface area contributed by atoms with Crippen LogP contribution in [0, 0.1) is 0 Å². The van der Waals surface area contributed by atoms with E-state index in [4.69, 9.17) is 4.74 Å². The van der Waals surface area contributed by atoms with E-state index >= 15 is 0 Å². The van der Waals surface area contributed by atoms with E-state index in [2.05, 4.69) is 14.0 Å². The molecule has 0 aromatic carbocycles. The number of nitrogens with zero attached hydrogens (tertiary/aromatic N) is 1. The summed E-state index contributed by atoms with van der Waals surface area (Å²) in [6.45, 7) is 3.53. The van der Waals surface area contributed by atoms with Crippen LogP contribution in [0.1, 0.15) is 32.6 Å². The molecule has 0 saturated carbocycles. The summed E-state index contributed by atoms with van der Waals surface area (Å²) < 4.78 is 6.90. The second-order valence-electron chi connectivity index (χ2n) is 5.75. The number of epoxide rings is 1. The number of fused-ring (bicyclic) bond motifs is 5. The SMILES string of the molecule is CCCC[N+]1(C)[C@@H]2CC(O)C[C@H]1[C@@H]1O[C@@H]12.[Br-]. The lowest BCUT2D eigenvalue weighted by atomic mass is 9.95. The maximum absolute atomic E-state index is 9.82. The molecule has 6 atom stereocenters. The van der Waals surface area contributed by atoms with E-state index in [0.717, 1.165) is 12.8 Å². The first-order valence-electron chi connectivity index (χ1n) is 6.35. The van der Waals surface area contributed by atoms with Crippen LogP contribution in [0.4, 0.5) is 0 Å². The van der Waals surface area contributed by atoms with Crippen LogP contribution in [0.2, 0.25) is 0 Å². The standard InChI is InChI=1S/C12H22NO2.BrH/c1-3-4-5-13(2)9-6-8(14)7-10(13)12-11(9)15-12;/h8-12,14H,3-7H2,1-2H3;1H/q+1;/p-1/t8?,9-,10+,11-,12+,13?;. The van der Waals surface area contributed by atoms with Gasteiger partial charge < -0.3 is 31.3 Å². The van der Waals surface area contributed by atoms with Gasteiger partial charge in [-0.15, -0.1) is 0 Å². The number of ether oxygens (including phenoxy) is 1. The molecule has 4 heteroatoms. The maximum Gasteiger partial charge on any atom is 0.142 e. The predicted octanol–water partition coefficient (Wildman–Crippen LogP) is -2.09. The minimum Gasteiger partial charge on any atom is -1.00 e. The summed E-state index contributed by atoms with van der Waals surface area (Å²) in [5.74, 6) is 0. The van der Waals surface area contributed by atoms with Crippen molar-refractivity contribution in [1.82, 2.24) is 0 Å². The third kappa shape index (κ3) is 1.65. The van der Waals surface area contributed by atoms with E-state index in [0.29, 0.717) is 24.3 Å². The number of aliphatic hydroxyl groups excluding tert-OH is 1. The van der Waals surface area contributed by atoms with E-state index < -0.39 is 0 Å². The van der Waals surface area contributed by atoms with Crippen LogP contribution < -0.4 is 17.0 Å². The zero-order valence-electron chi connectivity index (χ0n) is 10.1.